The van der Waals surface area contributed by atoms with Crippen molar-refractivity contribution in [1.29, 1.82) is 0 Å². The summed E-state index contributed by atoms with van der Waals surface area (Å²) in [7, 11) is 0. The number of allylic oxidation sites excluding steroid dienone is 1. The topological polar surface area (TPSA) is 26.3 Å². The molecule has 1 heterocycles. The third-order valence-corrected chi connectivity index (χ3v) is 3.35. The van der Waals surface area contributed by atoms with E-state index in [1.54, 1.807) is 0 Å². The second kappa shape index (κ2) is 2.60. The van der Waals surface area contributed by atoms with Crippen molar-refractivity contribution in [2.45, 2.75) is 39.7 Å². The number of esters is 1. The minimum absolute atomic E-state index is 0.0261. The molecule has 2 atom stereocenters. The molecule has 2 heteroatoms. The third kappa shape index (κ3) is 1.38. The summed E-state index contributed by atoms with van der Waals surface area (Å²) in [5, 5.41) is 0. The van der Waals surface area contributed by atoms with Crippen LogP contribution < -0.4 is 0 Å². The number of carbonyl (C=O) groups is 1. The zero-order chi connectivity index (χ0) is 9.64. The Morgan fingerprint density at radius 3 is 2.92 bits per heavy atom. The van der Waals surface area contributed by atoms with Crippen LogP contribution in [0.5, 0.6) is 0 Å². The summed E-state index contributed by atoms with van der Waals surface area (Å²) in [6, 6.07) is 0. The molecule has 0 saturated carbocycles. The molecule has 13 heavy (non-hydrogen) atoms. The molecule has 72 valence electrons. The fraction of sp³-hybridized carbons (Fsp3) is 0.727. The van der Waals surface area contributed by atoms with Gasteiger partial charge in [0.15, 0.2) is 0 Å². The Kier molecular flexibility index (Phi) is 1.76. The lowest BCUT2D eigenvalue weighted by atomic mass is 9.67. The molecule has 0 N–H and O–H groups in total. The molecule has 2 rings (SSSR count). The molecule has 1 aliphatic heterocycles. The Bertz CT molecular complexity index is 276. The van der Waals surface area contributed by atoms with Crippen molar-refractivity contribution in [3.8, 4) is 0 Å². The SMILES string of the molecule is CC1=CC(C)(C)[C@H]2CC(=O)O[C@H]1C2. The predicted octanol–water partition coefficient (Wildman–Crippen LogP) is 2.29. The Hall–Kier alpha value is -0.790. The Morgan fingerprint density at radius 2 is 2.23 bits per heavy atom. The first-order valence-electron chi connectivity index (χ1n) is 4.88. The van der Waals surface area contributed by atoms with Crippen molar-refractivity contribution in [2.75, 3.05) is 0 Å². The maximum atomic E-state index is 11.3. The van der Waals surface area contributed by atoms with Crippen LogP contribution >= 0.6 is 0 Å². The van der Waals surface area contributed by atoms with Gasteiger partial charge in [-0.1, -0.05) is 19.9 Å². The van der Waals surface area contributed by atoms with Crippen LogP contribution in [0.15, 0.2) is 11.6 Å². The number of ether oxygens (including phenoxy) is 1. The van der Waals surface area contributed by atoms with Crippen molar-refractivity contribution in [3.63, 3.8) is 0 Å². The van der Waals surface area contributed by atoms with E-state index in [1.165, 1.54) is 5.57 Å². The first-order valence-corrected chi connectivity index (χ1v) is 4.88. The first-order chi connectivity index (χ1) is 5.99. The van der Waals surface area contributed by atoms with Crippen LogP contribution in [-0.4, -0.2) is 12.1 Å². The average Bonchev–Trinajstić information content (AvgIpc) is 2.00. The van der Waals surface area contributed by atoms with Crippen LogP contribution in [-0.2, 0) is 9.53 Å². The van der Waals surface area contributed by atoms with E-state index in [0.717, 1.165) is 6.42 Å². The maximum Gasteiger partial charge on any atom is 0.306 e. The fourth-order valence-corrected chi connectivity index (χ4v) is 2.44. The van der Waals surface area contributed by atoms with E-state index in [-0.39, 0.29) is 17.5 Å². The summed E-state index contributed by atoms with van der Waals surface area (Å²) in [6.07, 6.45) is 3.94. The van der Waals surface area contributed by atoms with Gasteiger partial charge in [0.25, 0.3) is 0 Å². The van der Waals surface area contributed by atoms with Crippen molar-refractivity contribution in [2.24, 2.45) is 11.3 Å². The lowest BCUT2D eigenvalue weighted by molar-refractivity contribution is -0.157. The minimum Gasteiger partial charge on any atom is -0.458 e. The minimum atomic E-state index is -0.0261. The molecule has 1 saturated heterocycles. The molecule has 1 aliphatic carbocycles. The van der Waals surface area contributed by atoms with Crippen LogP contribution in [0.25, 0.3) is 0 Å². The number of hydrogen-bond acceptors (Lipinski definition) is 2. The van der Waals surface area contributed by atoms with E-state index in [1.807, 2.05) is 0 Å². The lowest BCUT2D eigenvalue weighted by Crippen LogP contribution is -2.40. The van der Waals surface area contributed by atoms with Gasteiger partial charge in [-0.05, 0) is 30.3 Å². The normalized spacial score (nSPS) is 36.5. The van der Waals surface area contributed by atoms with Gasteiger partial charge in [-0.2, -0.15) is 0 Å². The molecule has 0 radical (unpaired) electrons. The zero-order valence-corrected chi connectivity index (χ0v) is 8.46. The van der Waals surface area contributed by atoms with E-state index in [0.29, 0.717) is 12.3 Å². The highest BCUT2D eigenvalue weighted by molar-refractivity contribution is 5.71. The predicted molar refractivity (Wildman–Crippen MR) is 50.1 cm³/mol. The second-order valence-electron chi connectivity index (χ2n) is 4.82. The molecular weight excluding hydrogens is 164 g/mol. The van der Waals surface area contributed by atoms with Crippen molar-refractivity contribution < 1.29 is 9.53 Å². The average molecular weight is 180 g/mol. The largest absolute Gasteiger partial charge is 0.458 e. The summed E-state index contributed by atoms with van der Waals surface area (Å²) < 4.78 is 5.26. The van der Waals surface area contributed by atoms with Gasteiger partial charge in [0, 0.05) is 6.42 Å². The molecule has 1 fully saturated rings. The quantitative estimate of drug-likeness (QED) is 0.422. The third-order valence-electron chi connectivity index (χ3n) is 3.35. The Morgan fingerprint density at radius 1 is 1.54 bits per heavy atom. The van der Waals surface area contributed by atoms with Gasteiger partial charge in [0.05, 0.1) is 0 Å². The molecule has 2 nitrogen and oxygen atoms in total. The van der Waals surface area contributed by atoms with Crippen LogP contribution in [0.1, 0.15) is 33.6 Å². The highest BCUT2D eigenvalue weighted by Crippen LogP contribution is 2.44. The standard InChI is InChI=1S/C11H16O2/c1-7-6-11(2,3)8-4-9(7)13-10(12)5-8/h6,8-9H,4-5H2,1-3H3/t8-,9+/m1/s1. The van der Waals surface area contributed by atoms with Crippen molar-refractivity contribution in [3.05, 3.63) is 11.6 Å². The molecule has 0 unspecified atom stereocenters. The van der Waals surface area contributed by atoms with Gasteiger partial charge in [-0.15, -0.1) is 0 Å². The number of hydrogen-bond donors (Lipinski definition) is 0. The number of rotatable bonds is 0. The summed E-state index contributed by atoms with van der Waals surface area (Å²) in [6.45, 7) is 6.47. The summed E-state index contributed by atoms with van der Waals surface area (Å²) >= 11 is 0. The highest BCUT2D eigenvalue weighted by atomic mass is 16.5. The van der Waals surface area contributed by atoms with Crippen LogP contribution in [0.2, 0.25) is 0 Å². The monoisotopic (exact) mass is 180 g/mol. The van der Waals surface area contributed by atoms with Crippen LogP contribution in [0.3, 0.4) is 0 Å². The fourth-order valence-electron chi connectivity index (χ4n) is 2.44. The molecule has 0 aromatic rings. The second-order valence-corrected chi connectivity index (χ2v) is 4.82. The van der Waals surface area contributed by atoms with E-state index in [9.17, 15) is 4.79 Å². The van der Waals surface area contributed by atoms with Crippen LogP contribution in [0.4, 0.5) is 0 Å². The first kappa shape index (κ1) is 8.79. The maximum absolute atomic E-state index is 11.3. The van der Waals surface area contributed by atoms with E-state index >= 15 is 0 Å². The van der Waals surface area contributed by atoms with Gasteiger partial charge < -0.3 is 4.74 Å². The van der Waals surface area contributed by atoms with Gasteiger partial charge in [0.1, 0.15) is 6.10 Å². The Balaban J connectivity index is 2.35. The van der Waals surface area contributed by atoms with E-state index in [2.05, 4.69) is 26.8 Å². The van der Waals surface area contributed by atoms with Gasteiger partial charge >= 0.3 is 5.97 Å². The molecule has 0 spiro atoms. The number of carbonyl (C=O) groups excluding carboxylic acids is 1. The molecule has 2 bridgehead atoms. The van der Waals surface area contributed by atoms with Crippen molar-refractivity contribution >= 4 is 5.97 Å². The van der Waals surface area contributed by atoms with Gasteiger partial charge in [-0.3, -0.25) is 4.79 Å². The molecule has 0 aromatic heterocycles. The zero-order valence-electron chi connectivity index (χ0n) is 8.46. The number of fused-ring (bicyclic) bond motifs is 2. The lowest BCUT2D eigenvalue weighted by Gasteiger charge is -2.42. The van der Waals surface area contributed by atoms with E-state index in [4.69, 9.17) is 4.74 Å². The van der Waals surface area contributed by atoms with E-state index < -0.39 is 0 Å². The molecule has 2 aliphatic rings. The summed E-state index contributed by atoms with van der Waals surface area (Å²) in [5.41, 5.74) is 1.38. The van der Waals surface area contributed by atoms with Crippen molar-refractivity contribution in [1.82, 2.24) is 0 Å². The molecular formula is C11H16O2. The smallest absolute Gasteiger partial charge is 0.306 e. The summed E-state index contributed by atoms with van der Waals surface area (Å²) in [5.74, 6) is 0.448. The van der Waals surface area contributed by atoms with Gasteiger partial charge in [0.2, 0.25) is 0 Å². The Labute approximate surface area is 79.0 Å². The molecule has 0 aromatic carbocycles. The highest BCUT2D eigenvalue weighted by Gasteiger charge is 2.41. The molecule has 0 amide bonds. The summed E-state index contributed by atoms with van der Waals surface area (Å²) in [4.78, 5) is 11.3. The van der Waals surface area contributed by atoms with Crippen LogP contribution in [0, 0.1) is 11.3 Å². The van der Waals surface area contributed by atoms with Gasteiger partial charge in [-0.25, -0.2) is 0 Å².